The van der Waals surface area contributed by atoms with E-state index >= 15 is 0 Å². The Hall–Kier alpha value is -1.57. The fraction of sp³-hybridized carbons (Fsp3) is 0.500. The average Bonchev–Trinajstić information content (AvgIpc) is 2.75. The number of carboxylic acids is 1. The number of hydrogen-bond acceptors (Lipinski definition) is 4. The maximum atomic E-state index is 13.6. The second-order valence-electron chi connectivity index (χ2n) is 5.35. The van der Waals surface area contributed by atoms with Crippen LogP contribution >= 0.6 is 0 Å². The Morgan fingerprint density at radius 1 is 1.43 bits per heavy atom. The van der Waals surface area contributed by atoms with Crippen LogP contribution in [0.1, 0.15) is 5.56 Å². The van der Waals surface area contributed by atoms with Crippen LogP contribution in [0.15, 0.2) is 18.2 Å². The molecule has 0 radical (unpaired) electrons. The molecule has 0 aliphatic carbocycles. The van der Waals surface area contributed by atoms with E-state index < -0.39 is 23.7 Å². The van der Waals surface area contributed by atoms with E-state index in [4.69, 9.17) is 5.11 Å². The smallest absolute Gasteiger partial charge is 0.317 e. The predicted molar refractivity (Wildman–Crippen MR) is 71.7 cm³/mol. The van der Waals surface area contributed by atoms with Crippen LogP contribution in [-0.4, -0.2) is 64.8 Å². The monoisotopic (exact) mass is 300 g/mol. The fourth-order valence-electron chi connectivity index (χ4n) is 2.65. The second kappa shape index (κ2) is 6.46. The highest BCUT2D eigenvalue weighted by atomic mass is 19.2. The quantitative estimate of drug-likeness (QED) is 0.830. The molecular weight excluding hydrogens is 282 g/mol. The molecule has 0 spiro atoms. The molecule has 7 heteroatoms. The predicted octanol–water partition coefficient (Wildman–Crippen LogP) is 0.526. The lowest BCUT2D eigenvalue weighted by Crippen LogP contribution is -2.43. The van der Waals surface area contributed by atoms with E-state index in [9.17, 15) is 18.7 Å². The highest BCUT2D eigenvalue weighted by Crippen LogP contribution is 2.20. The third-order valence-electron chi connectivity index (χ3n) is 3.71. The zero-order chi connectivity index (χ0) is 15.6. The molecule has 0 amide bonds. The molecule has 1 aromatic carbocycles. The van der Waals surface area contributed by atoms with E-state index in [2.05, 4.69) is 0 Å². The summed E-state index contributed by atoms with van der Waals surface area (Å²) in [5.41, 5.74) is 0.226. The largest absolute Gasteiger partial charge is 0.480 e. The fourth-order valence-corrected chi connectivity index (χ4v) is 2.65. The molecule has 1 unspecified atom stereocenters. The van der Waals surface area contributed by atoms with E-state index in [0.717, 1.165) is 6.07 Å². The molecular formula is C14H18F2N2O3. The number of aliphatic carboxylic acids is 1. The molecule has 0 aromatic heterocycles. The van der Waals surface area contributed by atoms with Gasteiger partial charge in [0.15, 0.2) is 11.6 Å². The van der Waals surface area contributed by atoms with Crippen LogP contribution in [0.3, 0.4) is 0 Å². The number of aliphatic hydroxyl groups is 1. The Morgan fingerprint density at radius 2 is 2.14 bits per heavy atom. The molecule has 1 fully saturated rings. The van der Waals surface area contributed by atoms with Crippen LogP contribution in [0.5, 0.6) is 0 Å². The Morgan fingerprint density at radius 3 is 2.81 bits per heavy atom. The van der Waals surface area contributed by atoms with Crippen LogP contribution in [0.2, 0.25) is 0 Å². The Bertz CT molecular complexity index is 527. The van der Waals surface area contributed by atoms with Gasteiger partial charge in [-0.3, -0.25) is 14.6 Å². The number of hydrogen-bond donors (Lipinski definition) is 2. The van der Waals surface area contributed by atoms with Gasteiger partial charge in [0.2, 0.25) is 0 Å². The van der Waals surface area contributed by atoms with Crippen molar-refractivity contribution in [1.82, 2.24) is 9.80 Å². The van der Waals surface area contributed by atoms with Crippen molar-refractivity contribution in [2.45, 2.75) is 18.7 Å². The molecule has 1 aromatic rings. The number of likely N-dealkylation sites (tertiary alicyclic amines) is 1. The van der Waals surface area contributed by atoms with Crippen molar-refractivity contribution in [2.75, 3.05) is 26.7 Å². The van der Waals surface area contributed by atoms with Crippen molar-refractivity contribution in [1.29, 1.82) is 0 Å². The molecule has 1 aliphatic heterocycles. The van der Waals surface area contributed by atoms with Crippen molar-refractivity contribution in [3.63, 3.8) is 0 Å². The maximum Gasteiger partial charge on any atom is 0.317 e. The highest BCUT2D eigenvalue weighted by Gasteiger charge is 2.34. The number of β-amino-alcohol motifs (C(OH)–C–C–N with tert-alkyl or cyclic N) is 1. The first-order valence-electron chi connectivity index (χ1n) is 6.64. The van der Waals surface area contributed by atoms with Gasteiger partial charge in [0.05, 0.1) is 12.6 Å². The lowest BCUT2D eigenvalue weighted by Gasteiger charge is -2.24. The van der Waals surface area contributed by atoms with Crippen molar-refractivity contribution >= 4 is 5.97 Å². The SMILES string of the molecule is CN(CC(=O)O)C1CN(Cc2cccc(F)c2F)C[C@H]1O. The zero-order valence-corrected chi connectivity index (χ0v) is 11.7. The molecule has 116 valence electrons. The highest BCUT2D eigenvalue weighted by molar-refractivity contribution is 5.69. The molecule has 1 heterocycles. The number of carbonyl (C=O) groups is 1. The van der Waals surface area contributed by atoms with Gasteiger partial charge in [-0.05, 0) is 13.1 Å². The number of benzene rings is 1. The molecule has 2 atom stereocenters. The Labute approximate surface area is 121 Å². The van der Waals surface area contributed by atoms with Crippen LogP contribution < -0.4 is 0 Å². The first-order chi connectivity index (χ1) is 9.88. The first kappa shape index (κ1) is 15.8. The summed E-state index contributed by atoms with van der Waals surface area (Å²) in [7, 11) is 1.62. The summed E-state index contributed by atoms with van der Waals surface area (Å²) in [6, 6.07) is 3.66. The van der Waals surface area contributed by atoms with E-state index in [-0.39, 0.29) is 24.7 Å². The number of halogens is 2. The number of carboxylic acid groups (broad SMARTS) is 1. The van der Waals surface area contributed by atoms with Gasteiger partial charge < -0.3 is 10.2 Å². The minimum absolute atomic E-state index is 0.177. The summed E-state index contributed by atoms with van der Waals surface area (Å²) in [6.45, 7) is 0.702. The van der Waals surface area contributed by atoms with Crippen LogP contribution in [0.25, 0.3) is 0 Å². The van der Waals surface area contributed by atoms with Gasteiger partial charge in [-0.15, -0.1) is 0 Å². The van der Waals surface area contributed by atoms with Crippen LogP contribution in [0, 0.1) is 11.6 Å². The molecule has 1 aliphatic rings. The number of nitrogens with zero attached hydrogens (tertiary/aromatic N) is 2. The van der Waals surface area contributed by atoms with Crippen molar-refractivity contribution in [3.8, 4) is 0 Å². The summed E-state index contributed by atoms with van der Waals surface area (Å²) in [4.78, 5) is 14.0. The molecule has 2 N–H and O–H groups in total. The van der Waals surface area contributed by atoms with E-state index in [1.165, 1.54) is 12.1 Å². The normalized spacial score (nSPS) is 22.9. The van der Waals surface area contributed by atoms with Crippen LogP contribution in [0.4, 0.5) is 8.78 Å². The lowest BCUT2D eigenvalue weighted by atomic mass is 10.2. The summed E-state index contributed by atoms with van der Waals surface area (Å²) in [6.07, 6.45) is -0.717. The van der Waals surface area contributed by atoms with Gasteiger partial charge in [-0.1, -0.05) is 12.1 Å². The minimum atomic E-state index is -0.973. The third kappa shape index (κ3) is 3.75. The third-order valence-corrected chi connectivity index (χ3v) is 3.71. The molecule has 0 bridgehead atoms. The van der Waals surface area contributed by atoms with E-state index in [0.29, 0.717) is 13.1 Å². The number of likely N-dealkylation sites (N-methyl/N-ethyl adjacent to an activating group) is 1. The Kier molecular flexibility index (Phi) is 4.87. The minimum Gasteiger partial charge on any atom is -0.480 e. The summed E-state index contributed by atoms with van der Waals surface area (Å²) < 4.78 is 26.8. The van der Waals surface area contributed by atoms with Crippen LogP contribution in [-0.2, 0) is 11.3 Å². The van der Waals surface area contributed by atoms with Gasteiger partial charge in [0, 0.05) is 31.2 Å². The van der Waals surface area contributed by atoms with E-state index in [1.807, 2.05) is 0 Å². The molecule has 5 nitrogen and oxygen atoms in total. The van der Waals surface area contributed by atoms with Gasteiger partial charge >= 0.3 is 5.97 Å². The molecule has 21 heavy (non-hydrogen) atoms. The molecule has 2 rings (SSSR count). The first-order valence-corrected chi connectivity index (χ1v) is 6.64. The second-order valence-corrected chi connectivity index (χ2v) is 5.35. The van der Waals surface area contributed by atoms with Crippen molar-refractivity contribution in [2.24, 2.45) is 0 Å². The number of aliphatic hydroxyl groups excluding tert-OH is 1. The molecule has 0 saturated carbocycles. The average molecular weight is 300 g/mol. The summed E-state index contributed by atoms with van der Waals surface area (Å²) in [5.74, 6) is -2.75. The lowest BCUT2D eigenvalue weighted by molar-refractivity contribution is -0.138. The number of rotatable bonds is 5. The summed E-state index contributed by atoms with van der Waals surface area (Å²) in [5, 5.41) is 18.8. The van der Waals surface area contributed by atoms with Gasteiger partial charge in [-0.25, -0.2) is 8.78 Å². The van der Waals surface area contributed by atoms with Gasteiger partial charge in [0.25, 0.3) is 0 Å². The standard InChI is InChI=1S/C14H18F2N2O3/c1-17(8-13(20)21)11-6-18(7-12(11)19)5-9-3-2-4-10(15)14(9)16/h2-4,11-12,19H,5-8H2,1H3,(H,20,21)/t11?,12-/m1/s1. The van der Waals surface area contributed by atoms with Gasteiger partial charge in [-0.2, -0.15) is 0 Å². The molecule has 1 saturated heterocycles. The van der Waals surface area contributed by atoms with Crippen molar-refractivity contribution < 1.29 is 23.8 Å². The van der Waals surface area contributed by atoms with Crippen molar-refractivity contribution in [3.05, 3.63) is 35.4 Å². The van der Waals surface area contributed by atoms with E-state index in [1.54, 1.807) is 16.8 Å². The maximum absolute atomic E-state index is 13.6. The Balaban J connectivity index is 2.01. The van der Waals surface area contributed by atoms with Gasteiger partial charge in [0.1, 0.15) is 0 Å². The summed E-state index contributed by atoms with van der Waals surface area (Å²) >= 11 is 0. The topological polar surface area (TPSA) is 64.0 Å². The zero-order valence-electron chi connectivity index (χ0n) is 11.7.